The Morgan fingerprint density at radius 1 is 1.53 bits per heavy atom. The number of hydrogen-bond donors (Lipinski definition) is 3. The Morgan fingerprint density at radius 3 is 2.82 bits per heavy atom. The predicted octanol–water partition coefficient (Wildman–Crippen LogP) is 0.910. The monoisotopic (exact) mass is 238 g/mol. The third kappa shape index (κ3) is 2.55. The first-order valence-corrected chi connectivity index (χ1v) is 5.50. The summed E-state index contributed by atoms with van der Waals surface area (Å²) < 4.78 is 13.4. The van der Waals surface area contributed by atoms with Crippen molar-refractivity contribution in [2.75, 3.05) is 18.9 Å². The molecular weight excluding hydrogens is 223 g/mol. The molecule has 2 rings (SSSR count). The van der Waals surface area contributed by atoms with E-state index in [1.54, 1.807) is 0 Å². The minimum Gasteiger partial charge on any atom is -0.399 e. The minimum absolute atomic E-state index is 0.0483. The molecular formula is C12H15FN2O2. The highest BCUT2D eigenvalue weighted by Gasteiger charge is 2.42. The SMILES string of the molecule is Nc1ccc(F)c(C(=O)NCC2(CO)CC2)c1. The van der Waals surface area contributed by atoms with E-state index in [2.05, 4.69) is 5.32 Å². The molecule has 1 saturated carbocycles. The second kappa shape index (κ2) is 4.33. The summed E-state index contributed by atoms with van der Waals surface area (Å²) >= 11 is 0. The lowest BCUT2D eigenvalue weighted by atomic mass is 10.1. The van der Waals surface area contributed by atoms with Gasteiger partial charge in [-0.05, 0) is 31.0 Å². The zero-order valence-corrected chi connectivity index (χ0v) is 9.37. The highest BCUT2D eigenvalue weighted by molar-refractivity contribution is 5.95. The maximum atomic E-state index is 13.4. The fourth-order valence-corrected chi connectivity index (χ4v) is 1.65. The van der Waals surface area contributed by atoms with E-state index in [0.29, 0.717) is 12.2 Å². The van der Waals surface area contributed by atoms with E-state index in [0.717, 1.165) is 12.8 Å². The van der Waals surface area contributed by atoms with E-state index in [9.17, 15) is 9.18 Å². The first-order chi connectivity index (χ1) is 8.06. The summed E-state index contributed by atoms with van der Waals surface area (Å²) in [6, 6.07) is 3.88. The first kappa shape index (κ1) is 11.9. The maximum Gasteiger partial charge on any atom is 0.254 e. The maximum absolute atomic E-state index is 13.4. The molecule has 17 heavy (non-hydrogen) atoms. The molecule has 92 valence electrons. The standard InChI is InChI=1S/C12H15FN2O2/c13-10-2-1-8(14)5-9(10)11(17)15-6-12(7-16)3-4-12/h1-2,5,16H,3-4,6-7,14H2,(H,15,17). The zero-order chi connectivity index (χ0) is 12.5. The van der Waals surface area contributed by atoms with Crippen molar-refractivity contribution in [1.82, 2.24) is 5.32 Å². The van der Waals surface area contributed by atoms with Gasteiger partial charge in [0.1, 0.15) is 5.82 Å². The molecule has 0 aromatic heterocycles. The summed E-state index contributed by atoms with van der Waals surface area (Å²) in [6.07, 6.45) is 1.78. The quantitative estimate of drug-likeness (QED) is 0.682. The van der Waals surface area contributed by atoms with Crippen molar-refractivity contribution in [3.05, 3.63) is 29.6 Å². The Kier molecular flexibility index (Phi) is 3.02. The summed E-state index contributed by atoms with van der Waals surface area (Å²) in [6.45, 7) is 0.420. The minimum atomic E-state index is -0.592. The molecule has 1 aromatic carbocycles. The van der Waals surface area contributed by atoms with Crippen LogP contribution in [-0.4, -0.2) is 24.2 Å². The lowest BCUT2D eigenvalue weighted by Gasteiger charge is -2.13. The average molecular weight is 238 g/mol. The number of rotatable bonds is 4. The number of nitrogens with two attached hydrogens (primary N) is 1. The molecule has 0 saturated heterocycles. The normalized spacial score (nSPS) is 16.6. The molecule has 0 heterocycles. The summed E-state index contributed by atoms with van der Waals surface area (Å²) in [5.41, 5.74) is 5.60. The van der Waals surface area contributed by atoms with Gasteiger partial charge in [0.05, 0.1) is 12.2 Å². The summed E-state index contributed by atoms with van der Waals surface area (Å²) in [7, 11) is 0. The second-order valence-corrected chi connectivity index (χ2v) is 4.58. The van der Waals surface area contributed by atoms with Gasteiger partial charge in [-0.25, -0.2) is 4.39 Å². The number of benzene rings is 1. The van der Waals surface area contributed by atoms with Crippen molar-refractivity contribution in [2.45, 2.75) is 12.8 Å². The van der Waals surface area contributed by atoms with Crippen LogP contribution in [0.4, 0.5) is 10.1 Å². The van der Waals surface area contributed by atoms with Crippen LogP contribution < -0.4 is 11.1 Å². The average Bonchev–Trinajstić information content (AvgIpc) is 3.10. The van der Waals surface area contributed by atoms with Crippen molar-refractivity contribution >= 4 is 11.6 Å². The molecule has 1 aliphatic carbocycles. The number of halogens is 1. The summed E-state index contributed by atoms with van der Waals surface area (Å²) in [5, 5.41) is 11.7. The van der Waals surface area contributed by atoms with Crippen LogP contribution in [0.15, 0.2) is 18.2 Å². The third-order valence-corrected chi connectivity index (χ3v) is 3.15. The highest BCUT2D eigenvalue weighted by Crippen LogP contribution is 2.44. The Balaban J connectivity index is 2.02. The van der Waals surface area contributed by atoms with Crippen molar-refractivity contribution in [2.24, 2.45) is 5.41 Å². The van der Waals surface area contributed by atoms with Crippen LogP contribution in [0.3, 0.4) is 0 Å². The van der Waals surface area contributed by atoms with Gasteiger partial charge in [0.2, 0.25) is 0 Å². The van der Waals surface area contributed by atoms with Gasteiger partial charge < -0.3 is 16.2 Å². The molecule has 5 heteroatoms. The molecule has 1 fully saturated rings. The molecule has 0 radical (unpaired) electrons. The van der Waals surface area contributed by atoms with Crippen LogP contribution >= 0.6 is 0 Å². The second-order valence-electron chi connectivity index (χ2n) is 4.58. The van der Waals surface area contributed by atoms with E-state index in [1.165, 1.54) is 18.2 Å². The van der Waals surface area contributed by atoms with Gasteiger partial charge in [0.25, 0.3) is 5.91 Å². The number of carbonyl (C=O) groups excluding carboxylic acids is 1. The van der Waals surface area contributed by atoms with Gasteiger partial charge in [-0.2, -0.15) is 0 Å². The van der Waals surface area contributed by atoms with Gasteiger partial charge in [0.15, 0.2) is 0 Å². The number of hydrogen-bond acceptors (Lipinski definition) is 3. The highest BCUT2D eigenvalue weighted by atomic mass is 19.1. The number of nitrogen functional groups attached to an aromatic ring is 1. The lowest BCUT2D eigenvalue weighted by Crippen LogP contribution is -2.32. The van der Waals surface area contributed by atoms with Crippen LogP contribution in [0.2, 0.25) is 0 Å². The molecule has 1 amide bonds. The van der Waals surface area contributed by atoms with Crippen molar-refractivity contribution in [3.63, 3.8) is 0 Å². The first-order valence-electron chi connectivity index (χ1n) is 5.50. The number of anilines is 1. The Labute approximate surface area is 98.6 Å². The fourth-order valence-electron chi connectivity index (χ4n) is 1.65. The summed E-state index contributed by atoms with van der Waals surface area (Å²) in [4.78, 5) is 11.7. The molecule has 0 bridgehead atoms. The van der Waals surface area contributed by atoms with Crippen molar-refractivity contribution in [3.8, 4) is 0 Å². The van der Waals surface area contributed by atoms with Crippen LogP contribution in [-0.2, 0) is 0 Å². The molecule has 0 spiro atoms. The van der Waals surface area contributed by atoms with Crippen LogP contribution in [0, 0.1) is 11.2 Å². The molecule has 4 nitrogen and oxygen atoms in total. The lowest BCUT2D eigenvalue weighted by molar-refractivity contribution is 0.0931. The van der Waals surface area contributed by atoms with Gasteiger partial charge in [0, 0.05) is 17.6 Å². The van der Waals surface area contributed by atoms with Crippen LogP contribution in [0.1, 0.15) is 23.2 Å². The number of amides is 1. The largest absolute Gasteiger partial charge is 0.399 e. The molecule has 0 aliphatic heterocycles. The molecule has 1 aromatic rings. The summed E-state index contributed by atoms with van der Waals surface area (Å²) in [5.74, 6) is -1.08. The number of carbonyl (C=O) groups is 1. The molecule has 0 unspecified atom stereocenters. The predicted molar refractivity (Wildman–Crippen MR) is 61.9 cm³/mol. The number of aliphatic hydroxyl groups is 1. The topological polar surface area (TPSA) is 75.4 Å². The zero-order valence-electron chi connectivity index (χ0n) is 9.37. The van der Waals surface area contributed by atoms with Gasteiger partial charge in [-0.1, -0.05) is 0 Å². The van der Waals surface area contributed by atoms with Gasteiger partial charge >= 0.3 is 0 Å². The molecule has 4 N–H and O–H groups in total. The Morgan fingerprint density at radius 2 is 2.24 bits per heavy atom. The van der Waals surface area contributed by atoms with E-state index in [4.69, 9.17) is 10.8 Å². The molecule has 1 aliphatic rings. The van der Waals surface area contributed by atoms with Gasteiger partial charge in [-0.15, -0.1) is 0 Å². The molecule has 0 atom stereocenters. The Hall–Kier alpha value is -1.62. The third-order valence-electron chi connectivity index (χ3n) is 3.15. The smallest absolute Gasteiger partial charge is 0.254 e. The van der Waals surface area contributed by atoms with Crippen molar-refractivity contribution < 1.29 is 14.3 Å². The fraction of sp³-hybridized carbons (Fsp3) is 0.417. The van der Waals surface area contributed by atoms with Crippen LogP contribution in [0.25, 0.3) is 0 Å². The van der Waals surface area contributed by atoms with E-state index >= 15 is 0 Å². The van der Waals surface area contributed by atoms with Gasteiger partial charge in [-0.3, -0.25) is 4.79 Å². The number of nitrogens with one attached hydrogen (secondary N) is 1. The van der Waals surface area contributed by atoms with E-state index < -0.39 is 11.7 Å². The number of aliphatic hydroxyl groups excluding tert-OH is 1. The van der Waals surface area contributed by atoms with E-state index in [-0.39, 0.29) is 17.6 Å². The van der Waals surface area contributed by atoms with Crippen LogP contribution in [0.5, 0.6) is 0 Å². The van der Waals surface area contributed by atoms with Crippen molar-refractivity contribution in [1.29, 1.82) is 0 Å². The van der Waals surface area contributed by atoms with E-state index in [1.807, 2.05) is 0 Å². The Bertz CT molecular complexity index is 444.